The second-order valence-electron chi connectivity index (χ2n) is 7.28. The van der Waals surface area contributed by atoms with Gasteiger partial charge in [-0.3, -0.25) is 9.58 Å². The number of hydrogen-bond donors (Lipinski definition) is 1. The molecule has 0 aliphatic carbocycles. The molecule has 0 radical (unpaired) electrons. The zero-order valence-corrected chi connectivity index (χ0v) is 17.0. The Bertz CT molecular complexity index is 922. The largest absolute Gasteiger partial charge is 0.492 e. The van der Waals surface area contributed by atoms with Gasteiger partial charge in [0, 0.05) is 50.8 Å². The molecule has 1 saturated heterocycles. The molecule has 2 aromatic carbocycles. The first-order chi connectivity index (χ1) is 14.8. The molecular weight excluding hydrogens is 378 g/mol. The van der Waals surface area contributed by atoms with E-state index in [1.165, 1.54) is 0 Å². The van der Waals surface area contributed by atoms with E-state index in [9.17, 15) is 4.79 Å². The molecule has 1 aliphatic heterocycles. The van der Waals surface area contributed by atoms with Crippen molar-refractivity contribution in [2.75, 3.05) is 44.6 Å². The number of para-hydroxylation sites is 2. The van der Waals surface area contributed by atoms with E-state index in [1.807, 2.05) is 76.4 Å². The van der Waals surface area contributed by atoms with Crippen molar-refractivity contribution in [3.05, 3.63) is 78.6 Å². The van der Waals surface area contributed by atoms with Crippen LogP contribution >= 0.6 is 0 Å². The zero-order valence-electron chi connectivity index (χ0n) is 17.0. The Labute approximate surface area is 176 Å². The van der Waals surface area contributed by atoms with Crippen molar-refractivity contribution in [1.82, 2.24) is 19.6 Å². The molecule has 2 amide bonds. The molecule has 156 valence electrons. The van der Waals surface area contributed by atoms with Gasteiger partial charge in [0.1, 0.15) is 12.4 Å². The molecule has 1 N–H and O–H groups in total. The number of carbonyl (C=O) groups is 1. The summed E-state index contributed by atoms with van der Waals surface area (Å²) in [5.41, 5.74) is 1.86. The van der Waals surface area contributed by atoms with E-state index in [4.69, 9.17) is 4.74 Å². The van der Waals surface area contributed by atoms with Gasteiger partial charge in [0.25, 0.3) is 0 Å². The van der Waals surface area contributed by atoms with Gasteiger partial charge < -0.3 is 15.0 Å². The number of rotatable bonds is 7. The molecule has 1 aromatic heterocycles. The molecule has 0 spiro atoms. The minimum absolute atomic E-state index is 0.0527. The highest BCUT2D eigenvalue weighted by atomic mass is 16.5. The number of amides is 2. The molecule has 30 heavy (non-hydrogen) atoms. The summed E-state index contributed by atoms with van der Waals surface area (Å²) >= 11 is 0. The average molecular weight is 406 g/mol. The maximum Gasteiger partial charge on any atom is 0.321 e. The summed E-state index contributed by atoms with van der Waals surface area (Å²) in [6.45, 7) is 5.24. The Morgan fingerprint density at radius 2 is 1.73 bits per heavy atom. The van der Waals surface area contributed by atoms with Crippen molar-refractivity contribution in [1.29, 1.82) is 0 Å². The summed E-state index contributed by atoms with van der Waals surface area (Å²) in [5.74, 6) is 0.893. The van der Waals surface area contributed by atoms with Crippen LogP contribution in [0.2, 0.25) is 0 Å². The van der Waals surface area contributed by atoms with Crippen LogP contribution in [0.5, 0.6) is 5.75 Å². The molecular formula is C23H27N5O2. The zero-order chi connectivity index (χ0) is 20.6. The minimum atomic E-state index is -0.0527. The van der Waals surface area contributed by atoms with Gasteiger partial charge in [-0.25, -0.2) is 4.79 Å². The molecule has 0 saturated carbocycles. The third-order valence-electron chi connectivity index (χ3n) is 5.23. The third kappa shape index (κ3) is 5.39. The first-order valence-electron chi connectivity index (χ1n) is 10.3. The van der Waals surface area contributed by atoms with Crippen LogP contribution in [0.25, 0.3) is 0 Å². The fourth-order valence-electron chi connectivity index (χ4n) is 3.53. The number of aromatic nitrogens is 2. The van der Waals surface area contributed by atoms with Gasteiger partial charge in [-0.05, 0) is 29.8 Å². The molecule has 7 nitrogen and oxygen atoms in total. The lowest BCUT2D eigenvalue weighted by Gasteiger charge is -2.34. The highest BCUT2D eigenvalue weighted by Crippen LogP contribution is 2.17. The van der Waals surface area contributed by atoms with E-state index < -0.39 is 0 Å². The second-order valence-corrected chi connectivity index (χ2v) is 7.28. The lowest BCUT2D eigenvalue weighted by molar-refractivity contribution is 0.132. The number of ether oxygens (including phenoxy) is 1. The van der Waals surface area contributed by atoms with E-state index in [-0.39, 0.29) is 6.03 Å². The summed E-state index contributed by atoms with van der Waals surface area (Å²) in [6, 6.07) is 19.6. The first-order valence-corrected chi connectivity index (χ1v) is 10.3. The van der Waals surface area contributed by atoms with Crippen LogP contribution in [0.4, 0.5) is 10.5 Å². The van der Waals surface area contributed by atoms with Crippen LogP contribution < -0.4 is 10.1 Å². The van der Waals surface area contributed by atoms with Gasteiger partial charge >= 0.3 is 6.03 Å². The van der Waals surface area contributed by atoms with E-state index in [2.05, 4.69) is 15.3 Å². The molecule has 1 aliphatic rings. The SMILES string of the molecule is O=C(Nc1ccccc1Cn1cccn1)N1CCN(CCOc2ccccc2)CC1. The number of piperazine rings is 1. The summed E-state index contributed by atoms with van der Waals surface area (Å²) in [5, 5.41) is 7.33. The van der Waals surface area contributed by atoms with Crippen LogP contribution in [-0.4, -0.2) is 64.9 Å². The smallest absolute Gasteiger partial charge is 0.321 e. The Morgan fingerprint density at radius 1 is 0.967 bits per heavy atom. The molecule has 2 heterocycles. The molecule has 3 aromatic rings. The van der Waals surface area contributed by atoms with Crippen molar-refractivity contribution in [3.8, 4) is 5.75 Å². The summed E-state index contributed by atoms with van der Waals surface area (Å²) in [4.78, 5) is 17.0. The normalized spacial score (nSPS) is 14.5. The van der Waals surface area contributed by atoms with Crippen molar-refractivity contribution in [2.45, 2.75) is 6.54 Å². The molecule has 7 heteroatoms. The average Bonchev–Trinajstić information content (AvgIpc) is 3.29. The van der Waals surface area contributed by atoms with E-state index in [1.54, 1.807) is 6.20 Å². The fourth-order valence-corrected chi connectivity index (χ4v) is 3.53. The summed E-state index contributed by atoms with van der Waals surface area (Å²) in [7, 11) is 0. The second kappa shape index (κ2) is 9.93. The Morgan fingerprint density at radius 3 is 2.50 bits per heavy atom. The topological polar surface area (TPSA) is 62.6 Å². The van der Waals surface area contributed by atoms with E-state index in [0.29, 0.717) is 26.2 Å². The molecule has 0 atom stereocenters. The number of benzene rings is 2. The molecule has 0 unspecified atom stereocenters. The number of hydrogen-bond acceptors (Lipinski definition) is 4. The lowest BCUT2D eigenvalue weighted by Crippen LogP contribution is -2.50. The highest BCUT2D eigenvalue weighted by molar-refractivity contribution is 5.90. The predicted octanol–water partition coefficient (Wildman–Crippen LogP) is 3.16. The Hall–Kier alpha value is -3.32. The quantitative estimate of drug-likeness (QED) is 0.656. The number of nitrogens with zero attached hydrogens (tertiary/aromatic N) is 4. The summed E-state index contributed by atoms with van der Waals surface area (Å²) in [6.07, 6.45) is 3.67. The van der Waals surface area contributed by atoms with Crippen molar-refractivity contribution < 1.29 is 9.53 Å². The molecule has 4 rings (SSSR count). The van der Waals surface area contributed by atoms with Crippen LogP contribution in [0.1, 0.15) is 5.56 Å². The van der Waals surface area contributed by atoms with E-state index in [0.717, 1.165) is 36.6 Å². The third-order valence-corrected chi connectivity index (χ3v) is 5.23. The Balaban J connectivity index is 1.24. The maximum atomic E-state index is 12.8. The van der Waals surface area contributed by atoms with Gasteiger partial charge in [0.05, 0.1) is 6.54 Å². The predicted molar refractivity (Wildman–Crippen MR) is 117 cm³/mol. The van der Waals surface area contributed by atoms with Crippen molar-refractivity contribution in [3.63, 3.8) is 0 Å². The number of anilines is 1. The maximum absolute atomic E-state index is 12.8. The molecule has 1 fully saturated rings. The molecule has 0 bridgehead atoms. The van der Waals surface area contributed by atoms with Gasteiger partial charge in [0.2, 0.25) is 0 Å². The lowest BCUT2D eigenvalue weighted by atomic mass is 10.2. The van der Waals surface area contributed by atoms with Crippen molar-refractivity contribution >= 4 is 11.7 Å². The number of urea groups is 1. The highest BCUT2D eigenvalue weighted by Gasteiger charge is 2.21. The van der Waals surface area contributed by atoms with E-state index >= 15 is 0 Å². The van der Waals surface area contributed by atoms with Crippen LogP contribution in [-0.2, 0) is 6.54 Å². The fraction of sp³-hybridized carbons (Fsp3) is 0.304. The van der Waals surface area contributed by atoms with Crippen molar-refractivity contribution in [2.24, 2.45) is 0 Å². The van der Waals surface area contributed by atoms with Gasteiger partial charge in [-0.1, -0.05) is 36.4 Å². The minimum Gasteiger partial charge on any atom is -0.492 e. The standard InChI is InChI=1S/C23H27N5O2/c29-23(25-22-10-5-4-7-20(22)19-28-12-6-11-24-28)27-15-13-26(14-16-27)17-18-30-21-8-2-1-3-9-21/h1-12H,13-19H2,(H,25,29). The van der Waals surface area contributed by atoms with Gasteiger partial charge in [-0.15, -0.1) is 0 Å². The van der Waals surface area contributed by atoms with Crippen LogP contribution in [0.3, 0.4) is 0 Å². The Kier molecular flexibility index (Phi) is 6.61. The van der Waals surface area contributed by atoms with Gasteiger partial charge in [0.15, 0.2) is 0 Å². The number of carbonyl (C=O) groups excluding carboxylic acids is 1. The number of nitrogens with one attached hydrogen (secondary N) is 1. The van der Waals surface area contributed by atoms with Crippen LogP contribution in [0.15, 0.2) is 73.1 Å². The monoisotopic (exact) mass is 405 g/mol. The van der Waals surface area contributed by atoms with Gasteiger partial charge in [-0.2, -0.15) is 5.10 Å². The first kappa shape index (κ1) is 20.0. The van der Waals surface area contributed by atoms with Crippen LogP contribution in [0, 0.1) is 0 Å². The summed E-state index contributed by atoms with van der Waals surface area (Å²) < 4.78 is 7.63.